The first-order valence-corrected chi connectivity index (χ1v) is 8.78. The lowest BCUT2D eigenvalue weighted by molar-refractivity contribution is -0.139. The van der Waals surface area contributed by atoms with Crippen LogP contribution in [0, 0.1) is 0 Å². The molecule has 0 atom stereocenters. The summed E-state index contributed by atoms with van der Waals surface area (Å²) in [6.07, 6.45) is 3.68. The van der Waals surface area contributed by atoms with Gasteiger partial charge in [0.1, 0.15) is 12.3 Å². The Morgan fingerprint density at radius 2 is 1.76 bits per heavy atom. The zero-order chi connectivity index (χ0) is 18.4. The fourth-order valence-corrected chi connectivity index (χ4v) is 3.14. The number of aliphatic hydroxyl groups is 1. The van der Waals surface area contributed by atoms with Gasteiger partial charge in [-0.2, -0.15) is 0 Å². The highest BCUT2D eigenvalue weighted by Gasteiger charge is 2.27. The van der Waals surface area contributed by atoms with Gasteiger partial charge in [-0.25, -0.2) is 0 Å². The molecular weight excluding hydrogens is 320 g/mol. The number of nitrogens with zero attached hydrogens (tertiary/aromatic N) is 3. The van der Waals surface area contributed by atoms with E-state index >= 15 is 0 Å². The molecule has 1 heterocycles. The Morgan fingerprint density at radius 3 is 2.36 bits per heavy atom. The highest BCUT2D eigenvalue weighted by molar-refractivity contribution is 6.08. The van der Waals surface area contributed by atoms with Gasteiger partial charge in [0.2, 0.25) is 5.91 Å². The summed E-state index contributed by atoms with van der Waals surface area (Å²) in [5.41, 5.74) is 9.26. The van der Waals surface area contributed by atoms with Crippen LogP contribution in [0.3, 0.4) is 0 Å². The van der Waals surface area contributed by atoms with Crippen molar-refractivity contribution in [2.45, 2.75) is 32.6 Å². The van der Waals surface area contributed by atoms with Crippen LogP contribution >= 0.6 is 0 Å². The molecule has 1 aliphatic carbocycles. The quantitative estimate of drug-likeness (QED) is 0.569. The van der Waals surface area contributed by atoms with Crippen molar-refractivity contribution < 1.29 is 14.7 Å². The summed E-state index contributed by atoms with van der Waals surface area (Å²) >= 11 is 0. The van der Waals surface area contributed by atoms with Gasteiger partial charge in [0.15, 0.2) is 0 Å². The van der Waals surface area contributed by atoms with Gasteiger partial charge in [-0.1, -0.05) is 12.2 Å². The number of hydrogen-bond acceptors (Lipinski definition) is 5. The first-order valence-electron chi connectivity index (χ1n) is 8.78. The molecule has 0 spiro atoms. The zero-order valence-corrected chi connectivity index (χ0v) is 15.0. The normalized spacial score (nSPS) is 22.1. The van der Waals surface area contributed by atoms with Crippen molar-refractivity contribution in [3.8, 4) is 0 Å². The maximum absolute atomic E-state index is 12.7. The maximum atomic E-state index is 12.7. The lowest BCUT2D eigenvalue weighted by atomic mass is 9.90. The Morgan fingerprint density at radius 1 is 1.16 bits per heavy atom. The highest BCUT2D eigenvalue weighted by atomic mass is 16.3. The minimum absolute atomic E-state index is 0.184. The molecule has 2 rings (SSSR count). The van der Waals surface area contributed by atoms with Gasteiger partial charge < -0.3 is 20.6 Å². The van der Waals surface area contributed by atoms with Gasteiger partial charge in [-0.15, -0.1) is 0 Å². The van der Waals surface area contributed by atoms with E-state index in [0.29, 0.717) is 32.7 Å². The Balaban J connectivity index is 2.09. The smallest absolute Gasteiger partial charge is 0.270 e. The number of piperazine rings is 1. The highest BCUT2D eigenvalue weighted by Crippen LogP contribution is 2.24. The van der Waals surface area contributed by atoms with Crippen molar-refractivity contribution in [1.82, 2.24) is 9.80 Å². The van der Waals surface area contributed by atoms with E-state index in [-0.39, 0.29) is 17.5 Å². The van der Waals surface area contributed by atoms with Crippen molar-refractivity contribution in [2.75, 3.05) is 39.3 Å². The molecule has 1 aliphatic heterocycles. The van der Waals surface area contributed by atoms with Gasteiger partial charge in [0.05, 0.1) is 6.54 Å². The van der Waals surface area contributed by atoms with Gasteiger partial charge in [-0.05, 0) is 32.6 Å². The van der Waals surface area contributed by atoms with Crippen molar-refractivity contribution in [3.05, 3.63) is 23.4 Å². The minimum atomic E-state index is -0.497. The van der Waals surface area contributed by atoms with Gasteiger partial charge in [0.25, 0.3) is 5.91 Å². The van der Waals surface area contributed by atoms with Crippen molar-refractivity contribution in [2.24, 2.45) is 10.7 Å². The lowest BCUT2D eigenvalue weighted by Crippen LogP contribution is -2.52. The molecular formula is C18H28N4O3. The number of aliphatic imine (C=N–C) groups is 1. The Bertz CT molecular complexity index is 601. The Kier molecular flexibility index (Phi) is 6.75. The van der Waals surface area contributed by atoms with E-state index in [1.54, 1.807) is 9.80 Å². The van der Waals surface area contributed by atoms with Crippen molar-refractivity contribution in [1.29, 1.82) is 0 Å². The molecule has 0 bridgehead atoms. The third-order valence-corrected chi connectivity index (χ3v) is 4.59. The average molecular weight is 348 g/mol. The molecule has 2 fully saturated rings. The number of hydrogen-bond donors (Lipinski definition) is 2. The number of allylic oxidation sites excluding steroid dienone is 1. The summed E-state index contributed by atoms with van der Waals surface area (Å²) in [7, 11) is 0. The van der Waals surface area contributed by atoms with Crippen LogP contribution < -0.4 is 5.73 Å². The monoisotopic (exact) mass is 348 g/mol. The first kappa shape index (κ1) is 19.2. The first-order chi connectivity index (χ1) is 11.9. The summed E-state index contributed by atoms with van der Waals surface area (Å²) < 4.78 is 0. The second kappa shape index (κ2) is 8.80. The van der Waals surface area contributed by atoms with E-state index in [9.17, 15) is 9.59 Å². The fourth-order valence-electron chi connectivity index (χ4n) is 3.14. The van der Waals surface area contributed by atoms with E-state index in [1.807, 2.05) is 6.92 Å². The molecule has 25 heavy (non-hydrogen) atoms. The molecule has 3 N–H and O–H groups in total. The molecule has 2 aliphatic rings. The number of carbonyl (C=O) groups is 2. The number of amides is 2. The Labute approximate surface area is 148 Å². The maximum Gasteiger partial charge on any atom is 0.270 e. The SMILES string of the molecule is C=C(C)CN=C1CCCC/C1=C(/N)C(=O)N1CCN(C(=O)CO)CC1. The average Bonchev–Trinajstić information content (AvgIpc) is 2.64. The van der Waals surface area contributed by atoms with Crippen LogP contribution in [0.4, 0.5) is 0 Å². The van der Waals surface area contributed by atoms with Crippen molar-refractivity contribution in [3.63, 3.8) is 0 Å². The molecule has 138 valence electrons. The van der Waals surface area contributed by atoms with Crippen LogP contribution in [0.15, 0.2) is 28.4 Å². The van der Waals surface area contributed by atoms with Crippen LogP contribution in [-0.4, -0.2) is 71.8 Å². The summed E-state index contributed by atoms with van der Waals surface area (Å²) in [4.78, 5) is 32.1. The van der Waals surface area contributed by atoms with E-state index in [2.05, 4.69) is 11.6 Å². The summed E-state index contributed by atoms with van der Waals surface area (Å²) in [5.74, 6) is -0.490. The third kappa shape index (κ3) is 4.92. The molecule has 2 amide bonds. The van der Waals surface area contributed by atoms with Crippen LogP contribution in [0.25, 0.3) is 0 Å². The number of carbonyl (C=O) groups excluding carboxylic acids is 2. The standard InChI is InChI=1S/C18H28N4O3/c1-13(2)11-20-15-6-4-3-5-14(15)17(19)18(25)22-9-7-21(8-10-22)16(24)12-23/h23H,1,3-12,19H2,2H3/b17-14-,20-15?. The van der Waals surface area contributed by atoms with Gasteiger partial charge in [0, 0.05) is 37.5 Å². The molecule has 0 unspecified atom stereocenters. The second-order valence-electron chi connectivity index (χ2n) is 6.65. The van der Waals surface area contributed by atoms with Crippen LogP contribution in [0.1, 0.15) is 32.6 Å². The van der Waals surface area contributed by atoms with Crippen LogP contribution in [0.5, 0.6) is 0 Å². The molecule has 0 aromatic carbocycles. The lowest BCUT2D eigenvalue weighted by Gasteiger charge is -2.35. The number of aliphatic hydroxyl groups excluding tert-OH is 1. The van der Waals surface area contributed by atoms with Crippen LogP contribution in [-0.2, 0) is 9.59 Å². The zero-order valence-electron chi connectivity index (χ0n) is 15.0. The van der Waals surface area contributed by atoms with E-state index < -0.39 is 6.61 Å². The Hall–Kier alpha value is -2.15. The van der Waals surface area contributed by atoms with E-state index in [0.717, 1.165) is 42.5 Å². The predicted octanol–water partition coefficient (Wildman–Crippen LogP) is 0.453. The third-order valence-electron chi connectivity index (χ3n) is 4.59. The largest absolute Gasteiger partial charge is 0.394 e. The van der Waals surface area contributed by atoms with Gasteiger partial charge in [-0.3, -0.25) is 14.6 Å². The summed E-state index contributed by atoms with van der Waals surface area (Å²) in [6, 6.07) is 0. The molecule has 0 radical (unpaired) electrons. The molecule has 1 saturated heterocycles. The second-order valence-corrected chi connectivity index (χ2v) is 6.65. The summed E-state index contributed by atoms with van der Waals surface area (Å²) in [5, 5.41) is 8.92. The molecule has 1 saturated carbocycles. The van der Waals surface area contributed by atoms with Gasteiger partial charge >= 0.3 is 0 Å². The minimum Gasteiger partial charge on any atom is -0.394 e. The predicted molar refractivity (Wildman–Crippen MR) is 97.0 cm³/mol. The van der Waals surface area contributed by atoms with Crippen LogP contribution in [0.2, 0.25) is 0 Å². The molecule has 7 nitrogen and oxygen atoms in total. The topological polar surface area (TPSA) is 99.2 Å². The molecule has 7 heteroatoms. The summed E-state index contributed by atoms with van der Waals surface area (Å²) in [6.45, 7) is 7.55. The molecule has 0 aromatic rings. The van der Waals surface area contributed by atoms with E-state index in [1.165, 1.54) is 0 Å². The van der Waals surface area contributed by atoms with Crippen molar-refractivity contribution >= 4 is 17.5 Å². The van der Waals surface area contributed by atoms with E-state index in [4.69, 9.17) is 10.8 Å². The fraction of sp³-hybridized carbons (Fsp3) is 0.611. The number of nitrogens with two attached hydrogens (primary N) is 1. The number of rotatable bonds is 4. The molecule has 0 aromatic heterocycles.